The number of morpholine rings is 1. The summed E-state index contributed by atoms with van der Waals surface area (Å²) in [6, 6.07) is 0. The van der Waals surface area contributed by atoms with Crippen molar-refractivity contribution in [2.45, 2.75) is 56.6 Å². The normalized spacial score (nSPS) is 24.7. The van der Waals surface area contributed by atoms with Crippen LogP contribution in [0, 0.1) is 0 Å². The predicted molar refractivity (Wildman–Crippen MR) is 130 cm³/mol. The number of hydrogen-bond donors (Lipinski definition) is 2. The number of ether oxygens (including phenoxy) is 2. The molecule has 1 saturated carbocycles. The van der Waals surface area contributed by atoms with Gasteiger partial charge in [-0.2, -0.15) is 0 Å². The fraction of sp³-hybridized carbons (Fsp3) is 0.905. The maximum Gasteiger partial charge on any atom is 0.243 e. The Morgan fingerprint density at radius 3 is 2.47 bits per heavy atom. The Bertz CT molecular complexity index is 543. The summed E-state index contributed by atoms with van der Waals surface area (Å²) >= 11 is 0. The van der Waals surface area contributed by atoms with E-state index in [0.717, 1.165) is 58.8 Å². The molecule has 1 unspecified atom stereocenters. The second-order valence-corrected chi connectivity index (χ2v) is 8.71. The molecule has 30 heavy (non-hydrogen) atoms. The van der Waals surface area contributed by atoms with Crippen molar-refractivity contribution >= 4 is 35.8 Å². The van der Waals surface area contributed by atoms with Gasteiger partial charge in [0.25, 0.3) is 0 Å². The quantitative estimate of drug-likeness (QED) is 0.291. The number of hydrogen-bond acceptors (Lipinski definition) is 5. The fourth-order valence-electron chi connectivity index (χ4n) is 4.58. The van der Waals surface area contributed by atoms with Crippen LogP contribution >= 0.6 is 24.0 Å². The third-order valence-electron chi connectivity index (χ3n) is 6.44. The van der Waals surface area contributed by atoms with E-state index in [9.17, 15) is 4.79 Å². The minimum atomic E-state index is 0. The SMILES string of the molecule is CN(C)C(=O)CN=C(NCC1CCCO1)NCC1(N2CCOCC2)CCCCC1.I. The molecule has 2 aliphatic heterocycles. The molecule has 174 valence electrons. The first-order chi connectivity index (χ1) is 14.1. The molecule has 1 amide bonds. The lowest BCUT2D eigenvalue weighted by Crippen LogP contribution is -2.60. The average Bonchev–Trinajstić information content (AvgIpc) is 3.28. The third kappa shape index (κ3) is 7.49. The number of halogens is 1. The largest absolute Gasteiger partial charge is 0.379 e. The number of nitrogens with one attached hydrogen (secondary N) is 2. The van der Waals surface area contributed by atoms with Crippen LogP contribution in [0.15, 0.2) is 4.99 Å². The van der Waals surface area contributed by atoms with Gasteiger partial charge in [-0.1, -0.05) is 19.3 Å². The Morgan fingerprint density at radius 2 is 1.83 bits per heavy atom. The van der Waals surface area contributed by atoms with E-state index in [0.29, 0.717) is 5.96 Å². The molecule has 2 saturated heterocycles. The third-order valence-corrected chi connectivity index (χ3v) is 6.44. The summed E-state index contributed by atoms with van der Waals surface area (Å²) in [5, 5.41) is 6.99. The number of rotatable bonds is 7. The zero-order valence-corrected chi connectivity index (χ0v) is 21.0. The summed E-state index contributed by atoms with van der Waals surface area (Å²) < 4.78 is 11.3. The van der Waals surface area contributed by atoms with Crippen LogP contribution in [0.5, 0.6) is 0 Å². The Labute approximate surface area is 198 Å². The Kier molecular flexibility index (Phi) is 11.1. The van der Waals surface area contributed by atoms with Crippen LogP contribution < -0.4 is 10.6 Å². The van der Waals surface area contributed by atoms with Crippen molar-refractivity contribution in [1.82, 2.24) is 20.4 Å². The molecule has 0 radical (unpaired) electrons. The molecule has 0 aromatic heterocycles. The smallest absolute Gasteiger partial charge is 0.243 e. The molecule has 1 atom stereocenters. The summed E-state index contributed by atoms with van der Waals surface area (Å²) in [4.78, 5) is 20.8. The van der Waals surface area contributed by atoms with Gasteiger partial charge in [0.05, 0.1) is 19.3 Å². The van der Waals surface area contributed by atoms with Gasteiger partial charge in [0.1, 0.15) is 6.54 Å². The van der Waals surface area contributed by atoms with Crippen molar-refractivity contribution in [3.63, 3.8) is 0 Å². The number of aliphatic imine (C=N–C) groups is 1. The molecular weight excluding hydrogens is 497 g/mol. The summed E-state index contributed by atoms with van der Waals surface area (Å²) in [6.45, 7) is 6.19. The van der Waals surface area contributed by atoms with Crippen LogP contribution in [0.25, 0.3) is 0 Å². The minimum Gasteiger partial charge on any atom is -0.379 e. The van der Waals surface area contributed by atoms with E-state index < -0.39 is 0 Å². The van der Waals surface area contributed by atoms with Gasteiger partial charge < -0.3 is 25.0 Å². The Hall–Kier alpha value is -0.650. The second kappa shape index (κ2) is 13.0. The molecule has 8 nitrogen and oxygen atoms in total. The molecule has 2 heterocycles. The molecule has 9 heteroatoms. The second-order valence-electron chi connectivity index (χ2n) is 8.71. The summed E-state index contributed by atoms with van der Waals surface area (Å²) in [7, 11) is 3.53. The minimum absolute atomic E-state index is 0. The van der Waals surface area contributed by atoms with Crippen LogP contribution in [0.2, 0.25) is 0 Å². The van der Waals surface area contributed by atoms with Crippen LogP contribution in [-0.4, -0.2) is 99.9 Å². The lowest BCUT2D eigenvalue weighted by atomic mass is 9.80. The van der Waals surface area contributed by atoms with Crippen LogP contribution in [-0.2, 0) is 14.3 Å². The summed E-state index contributed by atoms with van der Waals surface area (Å²) in [5.41, 5.74) is 0.153. The van der Waals surface area contributed by atoms with Gasteiger partial charge in [-0.25, -0.2) is 4.99 Å². The van der Waals surface area contributed by atoms with Crippen molar-refractivity contribution < 1.29 is 14.3 Å². The first kappa shape index (κ1) is 25.6. The molecule has 0 bridgehead atoms. The van der Waals surface area contributed by atoms with E-state index >= 15 is 0 Å². The van der Waals surface area contributed by atoms with Gasteiger partial charge in [0, 0.05) is 52.4 Å². The highest BCUT2D eigenvalue weighted by atomic mass is 127. The first-order valence-electron chi connectivity index (χ1n) is 11.3. The number of carbonyl (C=O) groups excluding carboxylic acids is 1. The van der Waals surface area contributed by atoms with E-state index in [2.05, 4.69) is 20.5 Å². The zero-order valence-electron chi connectivity index (χ0n) is 18.7. The fourth-order valence-corrected chi connectivity index (χ4v) is 4.58. The van der Waals surface area contributed by atoms with Crippen molar-refractivity contribution in [1.29, 1.82) is 0 Å². The average molecular weight is 537 g/mol. The first-order valence-corrected chi connectivity index (χ1v) is 11.3. The van der Waals surface area contributed by atoms with E-state index in [1.54, 1.807) is 19.0 Å². The van der Waals surface area contributed by atoms with Gasteiger partial charge in [-0.15, -0.1) is 24.0 Å². The van der Waals surface area contributed by atoms with Crippen molar-refractivity contribution in [3.05, 3.63) is 0 Å². The van der Waals surface area contributed by atoms with Crippen LogP contribution in [0.3, 0.4) is 0 Å². The van der Waals surface area contributed by atoms with Gasteiger partial charge in [0.2, 0.25) is 5.91 Å². The predicted octanol–water partition coefficient (Wildman–Crippen LogP) is 1.44. The van der Waals surface area contributed by atoms with E-state index in [1.807, 2.05) is 0 Å². The summed E-state index contributed by atoms with van der Waals surface area (Å²) in [6.07, 6.45) is 8.70. The van der Waals surface area contributed by atoms with Gasteiger partial charge in [0.15, 0.2) is 5.96 Å². The monoisotopic (exact) mass is 537 g/mol. The molecule has 3 rings (SSSR count). The number of carbonyl (C=O) groups is 1. The topological polar surface area (TPSA) is 78.4 Å². The molecule has 3 fully saturated rings. The molecular formula is C21H40IN5O3. The van der Waals surface area contributed by atoms with E-state index in [-0.39, 0.29) is 48.1 Å². The molecule has 0 spiro atoms. The van der Waals surface area contributed by atoms with E-state index in [1.165, 1.54) is 32.1 Å². The lowest BCUT2D eigenvalue weighted by Gasteiger charge is -2.48. The van der Waals surface area contributed by atoms with Gasteiger partial charge in [-0.05, 0) is 25.7 Å². The summed E-state index contributed by atoms with van der Waals surface area (Å²) in [5.74, 6) is 0.720. The van der Waals surface area contributed by atoms with Crippen LogP contribution in [0.1, 0.15) is 44.9 Å². The standard InChI is InChI=1S/C21H39N5O3.HI/c1-25(2)19(27)16-23-20(22-15-18-7-6-12-29-18)24-17-21(8-4-3-5-9-21)26-10-13-28-14-11-26;/h18H,3-17H2,1-2H3,(H2,22,23,24);1H. The highest BCUT2D eigenvalue weighted by Crippen LogP contribution is 2.33. The molecule has 2 N–H and O–H groups in total. The molecule has 1 aliphatic carbocycles. The maximum atomic E-state index is 12.0. The van der Waals surface area contributed by atoms with E-state index in [4.69, 9.17) is 9.47 Å². The zero-order chi connectivity index (χ0) is 20.5. The molecule has 0 aromatic rings. The highest BCUT2D eigenvalue weighted by Gasteiger charge is 2.38. The number of guanidine groups is 1. The lowest BCUT2D eigenvalue weighted by molar-refractivity contribution is -0.127. The molecule has 3 aliphatic rings. The molecule has 0 aromatic carbocycles. The number of likely N-dealkylation sites (N-methyl/N-ethyl adjacent to an activating group) is 1. The Morgan fingerprint density at radius 1 is 1.10 bits per heavy atom. The highest BCUT2D eigenvalue weighted by molar-refractivity contribution is 14.0. The number of amides is 1. The van der Waals surface area contributed by atoms with Crippen molar-refractivity contribution in [2.24, 2.45) is 4.99 Å². The van der Waals surface area contributed by atoms with Crippen molar-refractivity contribution in [2.75, 3.05) is 66.6 Å². The number of nitrogens with zero attached hydrogens (tertiary/aromatic N) is 3. The van der Waals surface area contributed by atoms with Crippen molar-refractivity contribution in [3.8, 4) is 0 Å². The van der Waals surface area contributed by atoms with Crippen LogP contribution in [0.4, 0.5) is 0 Å². The van der Waals surface area contributed by atoms with Gasteiger partial charge >= 0.3 is 0 Å². The maximum absolute atomic E-state index is 12.0. The van der Waals surface area contributed by atoms with Gasteiger partial charge in [-0.3, -0.25) is 9.69 Å². The Balaban J connectivity index is 0.00000320.